The fourth-order valence-electron chi connectivity index (χ4n) is 2.91. The maximum Gasteiger partial charge on any atom is 0.0893 e. The minimum Gasteiger partial charge on any atom is -0.308 e. The molecule has 1 N–H and O–H groups in total. The third kappa shape index (κ3) is 3.49. The minimum atomic E-state index is 0.401. The molecule has 96 valence electrons. The van der Waals surface area contributed by atoms with Crippen LogP contribution in [0.2, 0.25) is 0 Å². The Morgan fingerprint density at radius 1 is 1.35 bits per heavy atom. The van der Waals surface area contributed by atoms with E-state index in [0.29, 0.717) is 11.5 Å². The van der Waals surface area contributed by atoms with Crippen LogP contribution in [0, 0.1) is 11.3 Å². The molecule has 1 aromatic rings. The van der Waals surface area contributed by atoms with Crippen LogP contribution in [0.5, 0.6) is 0 Å². The maximum atomic E-state index is 4.09. The molecule has 1 fully saturated rings. The van der Waals surface area contributed by atoms with Gasteiger partial charge in [-0.05, 0) is 35.7 Å². The van der Waals surface area contributed by atoms with E-state index in [1.165, 1.54) is 37.2 Å². The van der Waals surface area contributed by atoms with E-state index in [4.69, 9.17) is 0 Å². The number of aromatic nitrogens is 2. The van der Waals surface area contributed by atoms with E-state index in [1.807, 2.05) is 5.38 Å². The molecule has 17 heavy (non-hydrogen) atoms. The summed E-state index contributed by atoms with van der Waals surface area (Å²) in [5.41, 5.74) is 1.48. The lowest BCUT2D eigenvalue weighted by molar-refractivity contribution is 0.130. The molecule has 3 nitrogen and oxygen atoms in total. The topological polar surface area (TPSA) is 37.8 Å². The van der Waals surface area contributed by atoms with Gasteiger partial charge < -0.3 is 5.32 Å². The van der Waals surface area contributed by atoms with E-state index in [-0.39, 0.29) is 0 Å². The predicted molar refractivity (Wildman–Crippen MR) is 71.9 cm³/mol. The molecule has 0 spiro atoms. The first-order valence-electron chi connectivity index (χ1n) is 6.56. The zero-order chi connectivity index (χ0) is 12.3. The maximum absolute atomic E-state index is 4.09. The summed E-state index contributed by atoms with van der Waals surface area (Å²) in [6, 6.07) is 0.644. The van der Waals surface area contributed by atoms with E-state index in [0.717, 1.165) is 18.2 Å². The summed E-state index contributed by atoms with van der Waals surface area (Å²) in [5.74, 6) is 0.780. The molecule has 4 heteroatoms. The quantitative estimate of drug-likeness (QED) is 0.898. The molecule has 1 heterocycles. The van der Waals surface area contributed by atoms with Crippen molar-refractivity contribution in [2.45, 2.75) is 59.0 Å². The van der Waals surface area contributed by atoms with Gasteiger partial charge in [0.05, 0.1) is 5.69 Å². The van der Waals surface area contributed by atoms with E-state index in [9.17, 15) is 0 Å². The molecule has 0 aliphatic heterocycles. The molecule has 2 unspecified atom stereocenters. The fraction of sp³-hybridized carbons (Fsp3) is 0.846. The van der Waals surface area contributed by atoms with E-state index >= 15 is 0 Å². The molecule has 1 aliphatic carbocycles. The Kier molecular flexibility index (Phi) is 4.15. The summed E-state index contributed by atoms with van der Waals surface area (Å²) in [4.78, 5) is 0. The van der Waals surface area contributed by atoms with Gasteiger partial charge in [0.25, 0.3) is 0 Å². The van der Waals surface area contributed by atoms with Gasteiger partial charge in [-0.2, -0.15) is 0 Å². The van der Waals surface area contributed by atoms with Crippen molar-refractivity contribution in [1.82, 2.24) is 14.9 Å². The molecule has 0 radical (unpaired) electrons. The number of hydrogen-bond donors (Lipinski definition) is 1. The Balaban J connectivity index is 1.92. The van der Waals surface area contributed by atoms with Crippen molar-refractivity contribution in [2.24, 2.45) is 11.3 Å². The summed E-state index contributed by atoms with van der Waals surface area (Å²) in [6.45, 7) is 7.96. The van der Waals surface area contributed by atoms with Gasteiger partial charge in [0.15, 0.2) is 0 Å². The summed E-state index contributed by atoms with van der Waals surface area (Å²) in [7, 11) is 0. The molecule has 0 aromatic carbocycles. The van der Waals surface area contributed by atoms with Crippen LogP contribution in [0.3, 0.4) is 0 Å². The van der Waals surface area contributed by atoms with Crippen LogP contribution in [0.4, 0.5) is 0 Å². The van der Waals surface area contributed by atoms with Crippen molar-refractivity contribution in [3.05, 3.63) is 11.1 Å². The molecule has 0 saturated heterocycles. The van der Waals surface area contributed by atoms with Crippen LogP contribution in [0.25, 0.3) is 0 Å². The zero-order valence-electron chi connectivity index (χ0n) is 11.1. The Morgan fingerprint density at radius 2 is 2.12 bits per heavy atom. The highest BCUT2D eigenvalue weighted by Gasteiger charge is 2.33. The third-order valence-electron chi connectivity index (χ3n) is 3.83. The van der Waals surface area contributed by atoms with Crippen LogP contribution < -0.4 is 5.32 Å². The average molecular weight is 253 g/mol. The molecular formula is C13H23N3S. The van der Waals surface area contributed by atoms with Crippen molar-refractivity contribution >= 4 is 11.5 Å². The van der Waals surface area contributed by atoms with Gasteiger partial charge in [0.2, 0.25) is 0 Å². The third-order valence-corrected chi connectivity index (χ3v) is 4.38. The highest BCUT2D eigenvalue weighted by molar-refractivity contribution is 7.03. The zero-order valence-corrected chi connectivity index (χ0v) is 11.9. The molecule has 1 aliphatic rings. The van der Waals surface area contributed by atoms with Crippen LogP contribution in [-0.4, -0.2) is 15.6 Å². The van der Waals surface area contributed by atoms with Crippen molar-refractivity contribution < 1.29 is 0 Å². The Morgan fingerprint density at radius 3 is 2.76 bits per heavy atom. The molecule has 1 saturated carbocycles. The largest absolute Gasteiger partial charge is 0.308 e. The van der Waals surface area contributed by atoms with Crippen molar-refractivity contribution in [3.8, 4) is 0 Å². The van der Waals surface area contributed by atoms with Crippen LogP contribution in [0.15, 0.2) is 5.38 Å². The van der Waals surface area contributed by atoms with Crippen LogP contribution >= 0.6 is 11.5 Å². The fourth-order valence-corrected chi connectivity index (χ4v) is 3.36. The molecule has 0 amide bonds. The first kappa shape index (κ1) is 13.0. The number of rotatable bonds is 3. The number of nitrogens with zero attached hydrogens (tertiary/aromatic N) is 2. The average Bonchev–Trinajstić information content (AvgIpc) is 2.78. The molecule has 0 bridgehead atoms. The lowest BCUT2D eigenvalue weighted by atomic mass is 9.69. The van der Waals surface area contributed by atoms with Crippen molar-refractivity contribution in [2.75, 3.05) is 0 Å². The normalized spacial score (nSPS) is 26.1. The lowest BCUT2D eigenvalue weighted by Gasteiger charge is -2.41. The van der Waals surface area contributed by atoms with Gasteiger partial charge in [-0.3, -0.25) is 0 Å². The van der Waals surface area contributed by atoms with E-state index in [2.05, 4.69) is 35.7 Å². The first-order valence-corrected chi connectivity index (χ1v) is 7.40. The lowest BCUT2D eigenvalue weighted by Crippen LogP contribution is -2.43. The van der Waals surface area contributed by atoms with Gasteiger partial charge in [-0.1, -0.05) is 38.1 Å². The summed E-state index contributed by atoms with van der Waals surface area (Å²) >= 11 is 1.43. The molecule has 2 atom stereocenters. The second-order valence-corrected chi connectivity index (χ2v) is 6.75. The van der Waals surface area contributed by atoms with Crippen molar-refractivity contribution in [3.63, 3.8) is 0 Å². The highest BCUT2D eigenvalue weighted by Crippen LogP contribution is 2.38. The second kappa shape index (κ2) is 5.44. The number of nitrogens with one attached hydrogen (secondary N) is 1. The minimum absolute atomic E-state index is 0.401. The molecule has 2 rings (SSSR count). The van der Waals surface area contributed by atoms with Crippen LogP contribution in [0.1, 0.15) is 52.1 Å². The second-order valence-electron chi connectivity index (χ2n) is 6.14. The summed E-state index contributed by atoms with van der Waals surface area (Å²) in [6.07, 6.45) is 5.41. The van der Waals surface area contributed by atoms with E-state index < -0.39 is 0 Å². The van der Waals surface area contributed by atoms with Gasteiger partial charge >= 0.3 is 0 Å². The highest BCUT2D eigenvalue weighted by atomic mass is 32.1. The standard InChI is InChI=1S/C13H23N3S/c1-13(2,3)11-6-4-5-7-12(11)14-8-10-9-17-16-15-10/h9,11-12,14H,4-8H2,1-3H3. The summed E-state index contributed by atoms with van der Waals surface area (Å²) in [5, 5.41) is 9.81. The molecular weight excluding hydrogens is 230 g/mol. The Hall–Kier alpha value is -0.480. The molecule has 1 aromatic heterocycles. The van der Waals surface area contributed by atoms with Gasteiger partial charge in [-0.25, -0.2) is 0 Å². The summed E-state index contributed by atoms with van der Waals surface area (Å²) < 4.78 is 3.91. The van der Waals surface area contributed by atoms with E-state index in [1.54, 1.807) is 0 Å². The van der Waals surface area contributed by atoms with Gasteiger partial charge in [0, 0.05) is 18.0 Å². The predicted octanol–water partition coefficient (Wildman–Crippen LogP) is 3.23. The van der Waals surface area contributed by atoms with Gasteiger partial charge in [-0.15, -0.1) is 5.10 Å². The Bertz CT molecular complexity index is 329. The Labute approximate surface area is 108 Å². The first-order chi connectivity index (χ1) is 8.07. The SMILES string of the molecule is CC(C)(C)C1CCCCC1NCc1csnn1. The number of hydrogen-bond acceptors (Lipinski definition) is 4. The monoisotopic (exact) mass is 253 g/mol. The van der Waals surface area contributed by atoms with Crippen molar-refractivity contribution in [1.29, 1.82) is 0 Å². The smallest absolute Gasteiger partial charge is 0.0893 e. The van der Waals surface area contributed by atoms with Gasteiger partial charge in [0.1, 0.15) is 0 Å². The van der Waals surface area contributed by atoms with Crippen LogP contribution in [-0.2, 0) is 6.54 Å².